The fourth-order valence-corrected chi connectivity index (χ4v) is 1.69. The Labute approximate surface area is 114 Å². The number of carbonyl (C=O) groups excluding carboxylic acids is 2. The van der Waals surface area contributed by atoms with Crippen molar-refractivity contribution in [3.05, 3.63) is 35.9 Å². The van der Waals surface area contributed by atoms with E-state index in [0.717, 1.165) is 25.8 Å². The summed E-state index contributed by atoms with van der Waals surface area (Å²) in [5.74, 6) is -0.0319. The van der Waals surface area contributed by atoms with Crippen LogP contribution in [0.4, 0.5) is 0 Å². The van der Waals surface area contributed by atoms with Crippen molar-refractivity contribution in [2.24, 2.45) is 0 Å². The van der Waals surface area contributed by atoms with E-state index in [4.69, 9.17) is 4.74 Å². The maximum absolute atomic E-state index is 11.0. The molecule has 1 fully saturated rings. The Morgan fingerprint density at radius 1 is 1.21 bits per heavy atom. The van der Waals surface area contributed by atoms with Crippen molar-refractivity contribution in [2.45, 2.75) is 32.6 Å². The van der Waals surface area contributed by atoms with Crippen LogP contribution in [-0.2, 0) is 9.53 Å². The number of hydrogen-bond acceptors (Lipinski definition) is 3. The Kier molecular flexibility index (Phi) is 7.32. The number of amides is 1. The van der Waals surface area contributed by atoms with Crippen LogP contribution < -0.4 is 5.32 Å². The Hall–Kier alpha value is -1.84. The van der Waals surface area contributed by atoms with E-state index >= 15 is 0 Å². The zero-order valence-electron chi connectivity index (χ0n) is 11.4. The molecule has 0 aromatic heterocycles. The van der Waals surface area contributed by atoms with Gasteiger partial charge in [0.1, 0.15) is 0 Å². The standard InChI is InChI=1S/C9H10O2.C6H11NO/c1-2-11-9(10)8-6-4-3-5-7-8;8-6-4-2-1-3-5-7-6/h3-7H,2H2,1H3;1-5H2,(H,7,8). The number of benzene rings is 1. The molecular weight excluding hydrogens is 242 g/mol. The van der Waals surface area contributed by atoms with Gasteiger partial charge >= 0.3 is 5.97 Å². The van der Waals surface area contributed by atoms with Crippen LogP contribution in [0.1, 0.15) is 43.0 Å². The molecule has 1 aliphatic heterocycles. The van der Waals surface area contributed by atoms with Crippen LogP contribution in [0.15, 0.2) is 30.3 Å². The maximum atomic E-state index is 11.0. The van der Waals surface area contributed by atoms with Crippen LogP contribution >= 0.6 is 0 Å². The second kappa shape index (κ2) is 9.14. The van der Waals surface area contributed by atoms with Gasteiger partial charge in [-0.2, -0.15) is 0 Å². The summed E-state index contributed by atoms with van der Waals surface area (Å²) >= 11 is 0. The molecule has 104 valence electrons. The number of carbonyl (C=O) groups is 2. The van der Waals surface area contributed by atoms with Gasteiger partial charge in [-0.25, -0.2) is 4.79 Å². The summed E-state index contributed by atoms with van der Waals surface area (Å²) in [5, 5.41) is 2.81. The molecule has 0 radical (unpaired) electrons. The molecule has 1 aliphatic rings. The Balaban J connectivity index is 0.000000200. The molecule has 0 atom stereocenters. The highest BCUT2D eigenvalue weighted by Gasteiger charge is 2.03. The predicted molar refractivity (Wildman–Crippen MR) is 73.9 cm³/mol. The first kappa shape index (κ1) is 15.2. The molecule has 1 heterocycles. The second-order valence-electron chi connectivity index (χ2n) is 4.25. The van der Waals surface area contributed by atoms with E-state index in [1.165, 1.54) is 6.42 Å². The molecule has 0 unspecified atom stereocenters. The fraction of sp³-hybridized carbons (Fsp3) is 0.467. The van der Waals surface area contributed by atoms with Gasteiger partial charge in [-0.15, -0.1) is 0 Å². The molecule has 19 heavy (non-hydrogen) atoms. The highest BCUT2D eigenvalue weighted by atomic mass is 16.5. The molecule has 1 N–H and O–H groups in total. The normalized spacial score (nSPS) is 14.5. The molecule has 0 bridgehead atoms. The summed E-state index contributed by atoms with van der Waals surface area (Å²) in [6.45, 7) is 3.10. The van der Waals surface area contributed by atoms with Crippen molar-refractivity contribution in [1.82, 2.24) is 5.32 Å². The third-order valence-corrected chi connectivity index (χ3v) is 2.69. The van der Waals surface area contributed by atoms with Gasteiger partial charge in [0, 0.05) is 13.0 Å². The van der Waals surface area contributed by atoms with Crippen molar-refractivity contribution >= 4 is 11.9 Å². The number of ether oxygens (including phenoxy) is 1. The van der Waals surface area contributed by atoms with Crippen LogP contribution in [0.2, 0.25) is 0 Å². The second-order valence-corrected chi connectivity index (χ2v) is 4.25. The van der Waals surface area contributed by atoms with Crippen LogP contribution in [0, 0.1) is 0 Å². The Morgan fingerprint density at radius 2 is 1.95 bits per heavy atom. The zero-order chi connectivity index (χ0) is 13.9. The summed E-state index contributed by atoms with van der Waals surface area (Å²) in [4.78, 5) is 21.6. The van der Waals surface area contributed by atoms with Gasteiger partial charge < -0.3 is 10.1 Å². The van der Waals surface area contributed by atoms with Gasteiger partial charge in [0.15, 0.2) is 0 Å². The van der Waals surface area contributed by atoms with Crippen molar-refractivity contribution in [3.8, 4) is 0 Å². The molecule has 0 aliphatic carbocycles. The van der Waals surface area contributed by atoms with Crippen LogP contribution in [0.25, 0.3) is 0 Å². The zero-order valence-corrected chi connectivity index (χ0v) is 11.4. The fourth-order valence-electron chi connectivity index (χ4n) is 1.69. The molecule has 1 amide bonds. The molecule has 0 spiro atoms. The summed E-state index contributed by atoms with van der Waals surface area (Å²) in [7, 11) is 0. The van der Waals surface area contributed by atoms with Crippen molar-refractivity contribution in [2.75, 3.05) is 13.2 Å². The van der Waals surface area contributed by atoms with E-state index in [0.29, 0.717) is 12.2 Å². The lowest BCUT2D eigenvalue weighted by Gasteiger charge is -1.99. The lowest BCUT2D eigenvalue weighted by Crippen LogP contribution is -2.21. The van der Waals surface area contributed by atoms with Crippen molar-refractivity contribution < 1.29 is 14.3 Å². The van der Waals surface area contributed by atoms with Gasteiger partial charge in [0.2, 0.25) is 5.91 Å². The molecule has 1 aromatic rings. The molecule has 0 saturated carbocycles. The molecule has 2 rings (SSSR count). The molecule has 1 aromatic carbocycles. The van der Waals surface area contributed by atoms with Crippen molar-refractivity contribution in [3.63, 3.8) is 0 Å². The summed E-state index contributed by atoms with van der Waals surface area (Å²) in [5.41, 5.74) is 0.606. The Bertz CT molecular complexity index is 380. The molecule has 4 heteroatoms. The SMILES string of the molecule is CCOC(=O)c1ccccc1.O=C1CCCCCN1. The third kappa shape index (κ3) is 6.60. The topological polar surface area (TPSA) is 55.4 Å². The first-order chi connectivity index (χ1) is 9.24. The minimum atomic E-state index is -0.256. The largest absolute Gasteiger partial charge is 0.462 e. The quantitative estimate of drug-likeness (QED) is 0.834. The number of esters is 1. The van der Waals surface area contributed by atoms with E-state index in [9.17, 15) is 9.59 Å². The van der Waals surface area contributed by atoms with Crippen LogP contribution in [-0.4, -0.2) is 25.0 Å². The minimum absolute atomic E-state index is 0.225. The van der Waals surface area contributed by atoms with E-state index < -0.39 is 0 Å². The smallest absolute Gasteiger partial charge is 0.338 e. The van der Waals surface area contributed by atoms with E-state index in [1.54, 1.807) is 19.1 Å². The average Bonchev–Trinajstić information content (AvgIpc) is 2.68. The van der Waals surface area contributed by atoms with Crippen molar-refractivity contribution in [1.29, 1.82) is 0 Å². The number of rotatable bonds is 2. The van der Waals surface area contributed by atoms with Gasteiger partial charge in [-0.1, -0.05) is 24.6 Å². The molecule has 1 saturated heterocycles. The highest BCUT2D eigenvalue weighted by Crippen LogP contribution is 2.02. The number of nitrogens with one attached hydrogen (secondary N) is 1. The molecule has 4 nitrogen and oxygen atoms in total. The first-order valence-corrected chi connectivity index (χ1v) is 6.73. The van der Waals surface area contributed by atoms with Gasteiger partial charge in [-0.05, 0) is 31.9 Å². The van der Waals surface area contributed by atoms with E-state index in [1.807, 2.05) is 18.2 Å². The highest BCUT2D eigenvalue weighted by molar-refractivity contribution is 5.89. The van der Waals surface area contributed by atoms with E-state index in [-0.39, 0.29) is 11.9 Å². The molecular formula is C15H21NO3. The first-order valence-electron chi connectivity index (χ1n) is 6.73. The van der Waals surface area contributed by atoms with Gasteiger partial charge in [0.05, 0.1) is 12.2 Å². The number of hydrogen-bond donors (Lipinski definition) is 1. The Morgan fingerprint density at radius 3 is 2.63 bits per heavy atom. The summed E-state index contributed by atoms with van der Waals surface area (Å²) in [6.07, 6.45) is 4.18. The van der Waals surface area contributed by atoms with Gasteiger partial charge in [-0.3, -0.25) is 4.79 Å². The van der Waals surface area contributed by atoms with Gasteiger partial charge in [0.25, 0.3) is 0 Å². The monoisotopic (exact) mass is 263 g/mol. The minimum Gasteiger partial charge on any atom is -0.462 e. The van der Waals surface area contributed by atoms with E-state index in [2.05, 4.69) is 5.32 Å². The summed E-state index contributed by atoms with van der Waals surface area (Å²) < 4.78 is 4.79. The van der Waals surface area contributed by atoms with Crippen LogP contribution in [0.5, 0.6) is 0 Å². The third-order valence-electron chi connectivity index (χ3n) is 2.69. The lowest BCUT2D eigenvalue weighted by atomic mass is 10.2. The predicted octanol–water partition coefficient (Wildman–Crippen LogP) is 2.54. The van der Waals surface area contributed by atoms with Crippen LogP contribution in [0.3, 0.4) is 0 Å². The summed E-state index contributed by atoms with van der Waals surface area (Å²) in [6, 6.07) is 8.96. The lowest BCUT2D eigenvalue weighted by molar-refractivity contribution is -0.120. The average molecular weight is 263 g/mol. The maximum Gasteiger partial charge on any atom is 0.338 e.